The number of pyridine rings is 1. The fourth-order valence-corrected chi connectivity index (χ4v) is 5.27. The van der Waals surface area contributed by atoms with Gasteiger partial charge in [-0.3, -0.25) is 14.6 Å². The van der Waals surface area contributed by atoms with Crippen LogP contribution in [0.5, 0.6) is 0 Å². The van der Waals surface area contributed by atoms with Crippen molar-refractivity contribution in [1.82, 2.24) is 35.0 Å². The number of rotatable bonds is 5. The van der Waals surface area contributed by atoms with Crippen LogP contribution in [0.4, 0.5) is 0 Å². The summed E-state index contributed by atoms with van der Waals surface area (Å²) in [6.07, 6.45) is 0. The number of benzene rings is 2. The highest BCUT2D eigenvalue weighted by molar-refractivity contribution is 5.83. The summed E-state index contributed by atoms with van der Waals surface area (Å²) in [6, 6.07) is 16.5. The summed E-state index contributed by atoms with van der Waals surface area (Å²) in [7, 11) is 0. The fourth-order valence-electron chi connectivity index (χ4n) is 5.27. The highest BCUT2D eigenvalue weighted by Gasteiger charge is 2.35. The molecule has 1 aliphatic rings. The monoisotopic (exact) mass is 485 g/mol. The Morgan fingerprint density at radius 2 is 1.72 bits per heavy atom. The molecule has 36 heavy (non-hydrogen) atoms. The first-order chi connectivity index (χ1) is 17.2. The highest BCUT2D eigenvalue weighted by atomic mass is 16.1. The normalized spacial score (nSPS) is 16.5. The molecule has 0 saturated carbocycles. The minimum atomic E-state index is -0.341. The van der Waals surface area contributed by atoms with Gasteiger partial charge >= 0.3 is 0 Å². The number of aromatic nitrogens is 5. The zero-order valence-corrected chi connectivity index (χ0v) is 21.8. The lowest BCUT2D eigenvalue weighted by molar-refractivity contribution is 0.0975. The molecule has 8 heteroatoms. The van der Waals surface area contributed by atoms with E-state index in [1.807, 2.05) is 17.7 Å². The molecular weight excluding hydrogens is 450 g/mol. The number of fused-ring (bicyclic) bond motifs is 1. The molecule has 1 N–H and O–H groups in total. The summed E-state index contributed by atoms with van der Waals surface area (Å²) in [6.45, 7) is 14.7. The van der Waals surface area contributed by atoms with Crippen molar-refractivity contribution in [2.45, 2.75) is 52.7 Å². The lowest BCUT2D eigenvalue weighted by Crippen LogP contribution is -2.49. The van der Waals surface area contributed by atoms with Gasteiger partial charge in [-0.25, -0.2) is 4.68 Å². The van der Waals surface area contributed by atoms with Gasteiger partial charge in [0.05, 0.1) is 11.1 Å². The van der Waals surface area contributed by atoms with Crippen LogP contribution in [-0.2, 0) is 12.1 Å². The molecule has 2 aromatic carbocycles. The van der Waals surface area contributed by atoms with Gasteiger partial charge in [0.2, 0.25) is 0 Å². The minimum absolute atomic E-state index is 0.0883. The number of piperazine rings is 1. The molecule has 8 nitrogen and oxygen atoms in total. The molecule has 0 radical (unpaired) electrons. The number of aromatic amines is 1. The predicted octanol–water partition coefficient (Wildman–Crippen LogP) is 3.79. The van der Waals surface area contributed by atoms with Crippen molar-refractivity contribution in [2.75, 3.05) is 26.2 Å². The molecule has 1 aliphatic heterocycles. The summed E-state index contributed by atoms with van der Waals surface area (Å²) < 4.78 is 1.86. The van der Waals surface area contributed by atoms with Crippen LogP contribution in [0.15, 0.2) is 53.3 Å². The fraction of sp³-hybridized carbons (Fsp3) is 0.429. The number of nitrogens with one attached hydrogen (secondary N) is 1. The topological polar surface area (TPSA) is 82.9 Å². The van der Waals surface area contributed by atoms with Crippen molar-refractivity contribution in [3.63, 3.8) is 0 Å². The maximum atomic E-state index is 13.5. The van der Waals surface area contributed by atoms with E-state index in [4.69, 9.17) is 0 Å². The van der Waals surface area contributed by atoms with Gasteiger partial charge in [-0.2, -0.15) is 0 Å². The van der Waals surface area contributed by atoms with Gasteiger partial charge in [0.15, 0.2) is 5.82 Å². The Balaban J connectivity index is 1.53. The van der Waals surface area contributed by atoms with Crippen LogP contribution in [-0.4, -0.2) is 61.2 Å². The second-order valence-electron chi connectivity index (χ2n) is 10.9. The van der Waals surface area contributed by atoms with Gasteiger partial charge < -0.3 is 4.98 Å². The molecule has 4 aromatic rings. The van der Waals surface area contributed by atoms with Gasteiger partial charge in [0.25, 0.3) is 5.56 Å². The molecule has 5 rings (SSSR count). The van der Waals surface area contributed by atoms with Crippen molar-refractivity contribution in [2.24, 2.45) is 0 Å². The van der Waals surface area contributed by atoms with Gasteiger partial charge in [0, 0.05) is 38.3 Å². The molecule has 0 spiro atoms. The second-order valence-corrected chi connectivity index (χ2v) is 10.9. The van der Waals surface area contributed by atoms with Crippen LogP contribution in [0.25, 0.3) is 10.9 Å². The average molecular weight is 486 g/mol. The second kappa shape index (κ2) is 9.59. The Morgan fingerprint density at radius 3 is 2.42 bits per heavy atom. The van der Waals surface area contributed by atoms with E-state index in [1.165, 1.54) is 11.1 Å². The van der Waals surface area contributed by atoms with E-state index in [9.17, 15) is 4.79 Å². The van der Waals surface area contributed by atoms with Crippen LogP contribution in [0.3, 0.4) is 0 Å². The van der Waals surface area contributed by atoms with Gasteiger partial charge in [-0.15, -0.1) is 5.10 Å². The highest BCUT2D eigenvalue weighted by Crippen LogP contribution is 2.31. The summed E-state index contributed by atoms with van der Waals surface area (Å²) in [5.41, 5.74) is 4.72. The Hall–Kier alpha value is -3.36. The Bertz CT molecular complexity index is 1410. The number of H-pyrrole nitrogens is 1. The third kappa shape index (κ3) is 4.83. The summed E-state index contributed by atoms with van der Waals surface area (Å²) >= 11 is 0. The van der Waals surface area contributed by atoms with E-state index < -0.39 is 0 Å². The van der Waals surface area contributed by atoms with Crippen LogP contribution in [0.1, 0.15) is 54.9 Å². The molecule has 1 atom stereocenters. The molecule has 0 bridgehead atoms. The number of tetrazole rings is 1. The third-order valence-corrected chi connectivity index (χ3v) is 7.01. The first kappa shape index (κ1) is 24.3. The van der Waals surface area contributed by atoms with Gasteiger partial charge in [-0.05, 0) is 73.7 Å². The molecular formula is C28H35N7O. The molecule has 0 aliphatic carbocycles. The van der Waals surface area contributed by atoms with Crippen molar-refractivity contribution in [3.05, 3.63) is 87.0 Å². The largest absolute Gasteiger partial charge is 0.321 e. The first-order valence-electron chi connectivity index (χ1n) is 12.6. The first-order valence-corrected chi connectivity index (χ1v) is 12.6. The molecule has 3 heterocycles. The van der Waals surface area contributed by atoms with Crippen molar-refractivity contribution >= 4 is 10.9 Å². The van der Waals surface area contributed by atoms with Crippen molar-refractivity contribution in [1.29, 1.82) is 0 Å². The standard InChI is InChI=1S/C28H35N7O/c1-19-15-20(2)24-22(16-19)17-23(27(36)29-24)25(26-30-31-32-35(26)28(3,4)5)34-13-11-33(12-14-34)18-21-9-7-6-8-10-21/h6-10,15-17,25H,11-14,18H2,1-5H3,(H,29,36). The molecule has 0 amide bonds. The van der Waals surface area contributed by atoms with E-state index >= 15 is 0 Å². The molecule has 1 unspecified atom stereocenters. The smallest absolute Gasteiger partial charge is 0.253 e. The van der Waals surface area contributed by atoms with Gasteiger partial charge in [0.1, 0.15) is 6.04 Å². The van der Waals surface area contributed by atoms with Crippen LogP contribution in [0.2, 0.25) is 0 Å². The van der Waals surface area contributed by atoms with E-state index in [0.29, 0.717) is 11.4 Å². The summed E-state index contributed by atoms with van der Waals surface area (Å²) in [4.78, 5) is 21.5. The average Bonchev–Trinajstić information content (AvgIpc) is 3.32. The quantitative estimate of drug-likeness (QED) is 0.463. The number of aryl methyl sites for hydroxylation is 2. The zero-order valence-electron chi connectivity index (χ0n) is 21.8. The van der Waals surface area contributed by atoms with Crippen LogP contribution >= 0.6 is 0 Å². The van der Waals surface area contributed by atoms with E-state index in [0.717, 1.165) is 49.2 Å². The SMILES string of the molecule is Cc1cc(C)c2[nH]c(=O)c(C(c3nnnn3C(C)(C)C)N3CCN(Cc4ccccc4)CC3)cc2c1. The Kier molecular flexibility index (Phi) is 6.49. The molecule has 1 fully saturated rings. The van der Waals surface area contributed by atoms with Crippen molar-refractivity contribution < 1.29 is 0 Å². The maximum Gasteiger partial charge on any atom is 0.253 e. The summed E-state index contributed by atoms with van der Waals surface area (Å²) in [5.74, 6) is 0.702. The Morgan fingerprint density at radius 1 is 1.00 bits per heavy atom. The van der Waals surface area contributed by atoms with Crippen molar-refractivity contribution in [3.8, 4) is 0 Å². The lowest BCUT2D eigenvalue weighted by atomic mass is 9.99. The van der Waals surface area contributed by atoms with Crippen LogP contribution < -0.4 is 5.56 Å². The van der Waals surface area contributed by atoms with E-state index in [2.05, 4.69) is 100 Å². The number of hydrogen-bond donors (Lipinski definition) is 1. The molecule has 2 aromatic heterocycles. The molecule has 188 valence electrons. The zero-order chi connectivity index (χ0) is 25.4. The van der Waals surface area contributed by atoms with Crippen LogP contribution in [0, 0.1) is 13.8 Å². The molecule has 1 saturated heterocycles. The maximum absolute atomic E-state index is 13.5. The number of hydrogen-bond acceptors (Lipinski definition) is 6. The summed E-state index contributed by atoms with van der Waals surface area (Å²) in [5, 5.41) is 13.9. The van der Waals surface area contributed by atoms with E-state index in [-0.39, 0.29) is 17.1 Å². The minimum Gasteiger partial charge on any atom is -0.321 e. The predicted molar refractivity (Wildman–Crippen MR) is 142 cm³/mol. The lowest BCUT2D eigenvalue weighted by Gasteiger charge is -2.39. The van der Waals surface area contributed by atoms with Gasteiger partial charge in [-0.1, -0.05) is 42.0 Å². The number of nitrogens with zero attached hydrogens (tertiary/aromatic N) is 6. The Labute approximate surface area is 211 Å². The third-order valence-electron chi connectivity index (χ3n) is 7.01. The van der Waals surface area contributed by atoms with E-state index in [1.54, 1.807) is 0 Å².